The van der Waals surface area contributed by atoms with Crippen LogP contribution in [0, 0.1) is 0 Å². The standard InChI is InChI=1S/C5H10N2O2/c1-4(9-2)7-5(8)3-6/h3,6H2,1-2H3. The fraction of sp³-hybridized carbons (Fsp3) is 0.600. The molecule has 0 aromatic carbocycles. The SMILES string of the molecule is COC(C)=NC(=O)CN. The highest BCUT2D eigenvalue weighted by atomic mass is 16.5. The number of ether oxygens (including phenoxy) is 1. The van der Waals surface area contributed by atoms with Crippen molar-refractivity contribution in [2.45, 2.75) is 6.92 Å². The maximum atomic E-state index is 10.4. The number of rotatable bonds is 1. The van der Waals surface area contributed by atoms with Gasteiger partial charge in [0.1, 0.15) is 0 Å². The Kier molecular flexibility index (Phi) is 3.62. The Morgan fingerprint density at radius 2 is 2.33 bits per heavy atom. The molecule has 0 radical (unpaired) electrons. The minimum Gasteiger partial charge on any atom is -0.484 e. The van der Waals surface area contributed by atoms with Gasteiger partial charge < -0.3 is 10.5 Å². The maximum absolute atomic E-state index is 10.4. The van der Waals surface area contributed by atoms with Crippen LogP contribution in [0.15, 0.2) is 4.99 Å². The lowest BCUT2D eigenvalue weighted by Crippen LogP contribution is -2.12. The number of amides is 1. The van der Waals surface area contributed by atoms with Crippen molar-refractivity contribution in [2.75, 3.05) is 13.7 Å². The first-order valence-electron chi connectivity index (χ1n) is 2.53. The zero-order chi connectivity index (χ0) is 7.28. The van der Waals surface area contributed by atoms with Crippen LogP contribution in [0.3, 0.4) is 0 Å². The van der Waals surface area contributed by atoms with Gasteiger partial charge in [-0.25, -0.2) is 0 Å². The number of carbonyl (C=O) groups excluding carboxylic acids is 1. The molecule has 0 aliphatic rings. The lowest BCUT2D eigenvalue weighted by Gasteiger charge is -1.93. The Balaban J connectivity index is 3.79. The van der Waals surface area contributed by atoms with E-state index in [2.05, 4.69) is 9.73 Å². The molecule has 0 atom stereocenters. The van der Waals surface area contributed by atoms with Crippen LogP contribution in [0.1, 0.15) is 6.92 Å². The fourth-order valence-corrected chi connectivity index (χ4v) is 0.267. The van der Waals surface area contributed by atoms with Crippen LogP contribution in [0.2, 0.25) is 0 Å². The molecule has 0 aliphatic carbocycles. The summed E-state index contributed by atoms with van der Waals surface area (Å²) in [5.74, 6) is -0.0280. The van der Waals surface area contributed by atoms with Crippen molar-refractivity contribution in [3.63, 3.8) is 0 Å². The molecule has 0 aliphatic heterocycles. The van der Waals surface area contributed by atoms with E-state index in [-0.39, 0.29) is 12.5 Å². The van der Waals surface area contributed by atoms with Gasteiger partial charge in [0.05, 0.1) is 13.7 Å². The Morgan fingerprint density at radius 3 is 2.67 bits per heavy atom. The van der Waals surface area contributed by atoms with Gasteiger partial charge in [-0.15, -0.1) is 0 Å². The molecule has 0 unspecified atom stereocenters. The van der Waals surface area contributed by atoms with Crippen molar-refractivity contribution in [1.82, 2.24) is 0 Å². The Hall–Kier alpha value is -0.900. The Morgan fingerprint density at radius 1 is 1.78 bits per heavy atom. The fourth-order valence-electron chi connectivity index (χ4n) is 0.267. The van der Waals surface area contributed by atoms with E-state index in [1.165, 1.54) is 7.11 Å². The first-order chi connectivity index (χ1) is 4.20. The monoisotopic (exact) mass is 130 g/mol. The summed E-state index contributed by atoms with van der Waals surface area (Å²) in [6.45, 7) is 1.52. The summed E-state index contributed by atoms with van der Waals surface area (Å²) in [6, 6.07) is 0. The highest BCUT2D eigenvalue weighted by molar-refractivity contribution is 5.91. The largest absolute Gasteiger partial charge is 0.484 e. The summed E-state index contributed by atoms with van der Waals surface area (Å²) < 4.78 is 4.60. The van der Waals surface area contributed by atoms with Gasteiger partial charge >= 0.3 is 0 Å². The molecule has 0 saturated heterocycles. The van der Waals surface area contributed by atoms with Crippen LogP contribution >= 0.6 is 0 Å². The van der Waals surface area contributed by atoms with E-state index < -0.39 is 0 Å². The summed E-state index contributed by atoms with van der Waals surface area (Å²) in [6.07, 6.45) is 0. The van der Waals surface area contributed by atoms with E-state index in [1.54, 1.807) is 6.92 Å². The van der Waals surface area contributed by atoms with E-state index >= 15 is 0 Å². The van der Waals surface area contributed by atoms with E-state index in [9.17, 15) is 4.79 Å². The normalized spacial score (nSPS) is 11.2. The summed E-state index contributed by atoms with van der Waals surface area (Å²) >= 11 is 0. The lowest BCUT2D eigenvalue weighted by molar-refractivity contribution is -0.116. The van der Waals surface area contributed by atoms with Crippen molar-refractivity contribution >= 4 is 11.8 Å². The molecule has 0 heterocycles. The molecular formula is C5H10N2O2. The predicted molar refractivity (Wildman–Crippen MR) is 34.2 cm³/mol. The van der Waals surface area contributed by atoms with Crippen molar-refractivity contribution in [3.05, 3.63) is 0 Å². The first-order valence-corrected chi connectivity index (χ1v) is 2.53. The predicted octanol–water partition coefficient (Wildman–Crippen LogP) is -0.463. The van der Waals surface area contributed by atoms with Gasteiger partial charge in [0, 0.05) is 6.92 Å². The third-order valence-electron chi connectivity index (χ3n) is 0.752. The van der Waals surface area contributed by atoms with Gasteiger partial charge in [-0.1, -0.05) is 0 Å². The number of nitrogens with two attached hydrogens (primary N) is 1. The number of nitrogens with zero attached hydrogens (tertiary/aromatic N) is 1. The molecule has 0 rings (SSSR count). The molecule has 2 N–H and O–H groups in total. The van der Waals surface area contributed by atoms with E-state index in [0.29, 0.717) is 5.90 Å². The third-order valence-corrected chi connectivity index (χ3v) is 0.752. The van der Waals surface area contributed by atoms with Gasteiger partial charge in [0.25, 0.3) is 5.91 Å². The average Bonchev–Trinajstić information content (AvgIpc) is 1.87. The Bertz CT molecular complexity index is 131. The third kappa shape index (κ3) is 3.66. The Labute approximate surface area is 53.7 Å². The highest BCUT2D eigenvalue weighted by Crippen LogP contribution is 1.77. The summed E-state index contributed by atoms with van der Waals surface area (Å²) in [5, 5.41) is 0. The van der Waals surface area contributed by atoms with E-state index in [4.69, 9.17) is 5.73 Å². The highest BCUT2D eigenvalue weighted by Gasteiger charge is 1.93. The topological polar surface area (TPSA) is 64.7 Å². The van der Waals surface area contributed by atoms with Crippen LogP contribution in [-0.2, 0) is 9.53 Å². The molecule has 52 valence electrons. The molecule has 4 nitrogen and oxygen atoms in total. The number of aliphatic imine (C=N–C) groups is 1. The first kappa shape index (κ1) is 8.10. The molecule has 1 amide bonds. The van der Waals surface area contributed by atoms with Gasteiger partial charge in [-0.05, 0) is 0 Å². The molecule has 0 spiro atoms. The molecule has 0 fully saturated rings. The quantitative estimate of drug-likeness (QED) is 0.385. The maximum Gasteiger partial charge on any atom is 0.262 e. The van der Waals surface area contributed by atoms with Crippen LogP contribution in [0.4, 0.5) is 0 Å². The summed E-state index contributed by atoms with van der Waals surface area (Å²) in [4.78, 5) is 13.8. The zero-order valence-electron chi connectivity index (χ0n) is 5.55. The second-order valence-corrected chi connectivity index (χ2v) is 1.43. The molecule has 0 bridgehead atoms. The van der Waals surface area contributed by atoms with Crippen LogP contribution in [0.25, 0.3) is 0 Å². The van der Waals surface area contributed by atoms with Gasteiger partial charge in [-0.3, -0.25) is 4.79 Å². The van der Waals surface area contributed by atoms with Crippen molar-refractivity contribution in [1.29, 1.82) is 0 Å². The van der Waals surface area contributed by atoms with Crippen LogP contribution < -0.4 is 5.73 Å². The number of hydrogen-bond donors (Lipinski definition) is 1. The smallest absolute Gasteiger partial charge is 0.262 e. The van der Waals surface area contributed by atoms with Crippen molar-refractivity contribution in [3.8, 4) is 0 Å². The zero-order valence-corrected chi connectivity index (χ0v) is 5.55. The summed E-state index contributed by atoms with van der Waals surface area (Å²) in [5.41, 5.74) is 4.96. The number of hydrogen-bond acceptors (Lipinski definition) is 3. The van der Waals surface area contributed by atoms with Crippen molar-refractivity contribution < 1.29 is 9.53 Å². The molecule has 9 heavy (non-hydrogen) atoms. The minimum absolute atomic E-state index is 0.0688. The lowest BCUT2D eigenvalue weighted by atomic mass is 10.6. The second-order valence-electron chi connectivity index (χ2n) is 1.43. The van der Waals surface area contributed by atoms with Crippen LogP contribution in [0.5, 0.6) is 0 Å². The minimum atomic E-state index is -0.366. The van der Waals surface area contributed by atoms with Crippen LogP contribution in [-0.4, -0.2) is 25.5 Å². The van der Waals surface area contributed by atoms with Crippen molar-refractivity contribution in [2.24, 2.45) is 10.7 Å². The number of carbonyl (C=O) groups is 1. The van der Waals surface area contributed by atoms with Gasteiger partial charge in [-0.2, -0.15) is 4.99 Å². The molecule has 0 saturated carbocycles. The molecule has 0 aromatic rings. The van der Waals surface area contributed by atoms with Gasteiger partial charge in [0.2, 0.25) is 0 Å². The molecule has 4 heteroatoms. The van der Waals surface area contributed by atoms with E-state index in [1.807, 2.05) is 0 Å². The summed E-state index contributed by atoms with van der Waals surface area (Å²) in [7, 11) is 1.45. The molecule has 0 aromatic heterocycles. The van der Waals surface area contributed by atoms with Gasteiger partial charge in [0.15, 0.2) is 5.90 Å². The average molecular weight is 130 g/mol. The molecular weight excluding hydrogens is 120 g/mol. The number of methoxy groups -OCH3 is 1. The second kappa shape index (κ2) is 4.03. The van der Waals surface area contributed by atoms with E-state index in [0.717, 1.165) is 0 Å².